The van der Waals surface area contributed by atoms with Gasteiger partial charge in [-0.25, -0.2) is 4.98 Å². The molecule has 3 aromatic rings. The molecule has 0 fully saturated rings. The molecule has 1 aliphatic rings. The van der Waals surface area contributed by atoms with E-state index in [-0.39, 0.29) is 17.9 Å². The Morgan fingerprint density at radius 2 is 2.06 bits per heavy atom. The number of hydrogen-bond donors (Lipinski definition) is 2. The van der Waals surface area contributed by atoms with Crippen molar-refractivity contribution in [3.63, 3.8) is 0 Å². The Labute approximate surface area is 207 Å². The van der Waals surface area contributed by atoms with Gasteiger partial charge < -0.3 is 15.2 Å². The molecule has 7 nitrogen and oxygen atoms in total. The molecule has 170 valence electrons. The van der Waals surface area contributed by atoms with Crippen LogP contribution in [0.2, 0.25) is 5.02 Å². The minimum Gasteiger partial charge on any atom is -0.350 e. The third-order valence-corrected chi connectivity index (χ3v) is 5.65. The van der Waals surface area contributed by atoms with Crippen molar-refractivity contribution in [2.75, 3.05) is 5.32 Å². The van der Waals surface area contributed by atoms with Crippen molar-refractivity contribution in [3.8, 4) is 6.07 Å². The van der Waals surface area contributed by atoms with Crippen molar-refractivity contribution in [3.05, 3.63) is 107 Å². The smallest absolute Gasteiger partial charge is 0.280 e. The summed E-state index contributed by atoms with van der Waals surface area (Å²) in [5, 5.41) is 16.9. The summed E-state index contributed by atoms with van der Waals surface area (Å²) >= 11 is 12.2. The van der Waals surface area contributed by atoms with Crippen LogP contribution in [0.4, 0.5) is 5.69 Å². The molecule has 9 heteroatoms. The zero-order valence-electron chi connectivity index (χ0n) is 17.9. The Balaban J connectivity index is 1.65. The predicted molar refractivity (Wildman–Crippen MR) is 134 cm³/mol. The molecule has 0 radical (unpaired) electrons. The van der Waals surface area contributed by atoms with Crippen molar-refractivity contribution >= 4 is 40.8 Å². The van der Waals surface area contributed by atoms with Gasteiger partial charge in [0, 0.05) is 46.2 Å². The number of nitrogens with one attached hydrogen (secondary N) is 2. The number of halogens is 2. The van der Waals surface area contributed by atoms with Crippen molar-refractivity contribution < 1.29 is 4.79 Å². The van der Waals surface area contributed by atoms with Gasteiger partial charge in [-0.15, -0.1) is 0 Å². The zero-order valence-corrected chi connectivity index (χ0v) is 19.4. The molecule has 0 bridgehead atoms. The number of anilines is 1. The summed E-state index contributed by atoms with van der Waals surface area (Å²) in [6.45, 7) is 0.551. The molecule has 0 aliphatic heterocycles. The summed E-state index contributed by atoms with van der Waals surface area (Å²) in [6, 6.07) is 15.3. The second kappa shape index (κ2) is 10.8. The lowest BCUT2D eigenvalue weighted by atomic mass is 10.0. The molecule has 1 aromatic heterocycles. The second-order valence-electron chi connectivity index (χ2n) is 7.59. The van der Waals surface area contributed by atoms with Crippen LogP contribution in [0, 0.1) is 17.2 Å². The number of nitriles is 1. The summed E-state index contributed by atoms with van der Waals surface area (Å²) in [7, 11) is 0. The molecule has 0 saturated carbocycles. The molecule has 1 heterocycles. The lowest BCUT2D eigenvalue weighted by Crippen LogP contribution is -2.45. The molecule has 34 heavy (non-hydrogen) atoms. The second-order valence-corrected chi connectivity index (χ2v) is 8.46. The maximum absolute atomic E-state index is 13.0. The number of carbonyl (C=O) groups is 1. The van der Waals surface area contributed by atoms with Gasteiger partial charge in [-0.05, 0) is 48.5 Å². The summed E-state index contributed by atoms with van der Waals surface area (Å²) in [5.74, 6) is -0.272. The van der Waals surface area contributed by atoms with Gasteiger partial charge in [0.05, 0.1) is 24.0 Å². The predicted octanol–water partition coefficient (Wildman–Crippen LogP) is 4.98. The van der Waals surface area contributed by atoms with Crippen molar-refractivity contribution in [2.24, 2.45) is 10.9 Å². The van der Waals surface area contributed by atoms with Crippen LogP contribution in [0.25, 0.3) is 0 Å². The highest BCUT2D eigenvalue weighted by Crippen LogP contribution is 2.23. The number of guanidine groups is 1. The average Bonchev–Trinajstić information content (AvgIpc) is 3.52. The molecule has 0 spiro atoms. The number of carbonyl (C=O) groups excluding carboxylic acids is 1. The largest absolute Gasteiger partial charge is 0.350 e. The van der Waals surface area contributed by atoms with Crippen molar-refractivity contribution in [1.29, 1.82) is 5.26 Å². The van der Waals surface area contributed by atoms with Gasteiger partial charge in [-0.1, -0.05) is 41.4 Å². The van der Waals surface area contributed by atoms with Crippen LogP contribution in [0.3, 0.4) is 0 Å². The molecule has 2 N–H and O–H groups in total. The number of rotatable bonds is 6. The number of nitrogens with zero attached hydrogens (tertiary/aromatic N) is 4. The standard InChI is InChI=1S/C25H20Cl2N6O/c26-20-6-8-22(9-7-20)30-25(32-24(34)19-3-1-2-17(12-19)14-28)31-23(15-33-11-10-29-16-33)18-4-5-21(27)13-18/h1-13,16,18,23H,15H2,(H2,30,31,32,34)/t18?,23-/m1/s1. The highest BCUT2D eigenvalue weighted by atomic mass is 35.5. The fraction of sp³-hybridized carbons (Fsp3) is 0.120. The number of benzene rings is 2. The van der Waals surface area contributed by atoms with Crippen molar-refractivity contribution in [1.82, 2.24) is 14.9 Å². The van der Waals surface area contributed by atoms with Gasteiger partial charge in [0.2, 0.25) is 5.96 Å². The number of imidazole rings is 1. The SMILES string of the molecule is N#Cc1cccc(C(=O)/N=C(\Nc2ccc(Cl)cc2)N[C@H](Cn2ccnc2)C2C=CC(Cl)=C2)c1. The van der Waals surface area contributed by atoms with Gasteiger partial charge in [-0.2, -0.15) is 10.3 Å². The first kappa shape index (κ1) is 23.3. The highest BCUT2D eigenvalue weighted by molar-refractivity contribution is 6.31. The maximum atomic E-state index is 13.0. The summed E-state index contributed by atoms with van der Waals surface area (Å²) in [4.78, 5) is 21.4. The summed E-state index contributed by atoms with van der Waals surface area (Å²) in [6.07, 6.45) is 11.1. The van der Waals surface area contributed by atoms with Crippen LogP contribution in [-0.2, 0) is 6.54 Å². The topological polar surface area (TPSA) is 95.1 Å². The summed E-state index contributed by atoms with van der Waals surface area (Å²) in [5.41, 5.74) is 1.40. The zero-order chi connectivity index (χ0) is 23.9. The molecule has 2 aromatic carbocycles. The summed E-state index contributed by atoms with van der Waals surface area (Å²) < 4.78 is 1.93. The normalized spacial score (nSPS) is 16.0. The first-order chi connectivity index (χ1) is 16.5. The van der Waals surface area contributed by atoms with E-state index in [4.69, 9.17) is 28.5 Å². The molecular formula is C25H20Cl2N6O. The number of aromatic nitrogens is 2. The Morgan fingerprint density at radius 1 is 1.24 bits per heavy atom. The van der Waals surface area contributed by atoms with Gasteiger partial charge in [0.1, 0.15) is 0 Å². The van der Waals surface area contributed by atoms with Crippen LogP contribution >= 0.6 is 23.2 Å². The molecule has 2 atom stereocenters. The number of amides is 1. The third-order valence-electron chi connectivity index (χ3n) is 5.14. The van der Waals surface area contributed by atoms with E-state index in [0.717, 1.165) is 0 Å². The molecule has 1 amide bonds. The van der Waals surface area contributed by atoms with E-state index in [1.807, 2.05) is 35.1 Å². The molecule has 4 rings (SSSR count). The molecule has 1 unspecified atom stereocenters. The van der Waals surface area contributed by atoms with Crippen LogP contribution in [-0.4, -0.2) is 27.5 Å². The van der Waals surface area contributed by atoms with E-state index in [1.165, 1.54) is 6.07 Å². The molecular weight excluding hydrogens is 471 g/mol. The Kier molecular flexibility index (Phi) is 7.43. The Bertz CT molecular complexity index is 1290. The van der Waals surface area contributed by atoms with Crippen LogP contribution in [0.15, 0.2) is 95.5 Å². The van der Waals surface area contributed by atoms with E-state index in [1.54, 1.807) is 55.0 Å². The Morgan fingerprint density at radius 3 is 2.74 bits per heavy atom. The number of aliphatic imine (C=N–C) groups is 1. The first-order valence-electron chi connectivity index (χ1n) is 10.4. The molecule has 1 aliphatic carbocycles. The van der Waals surface area contributed by atoms with Crippen LogP contribution < -0.4 is 10.6 Å². The van der Waals surface area contributed by atoms with E-state index in [9.17, 15) is 4.79 Å². The maximum Gasteiger partial charge on any atom is 0.280 e. The fourth-order valence-corrected chi connectivity index (χ4v) is 3.81. The van der Waals surface area contributed by atoms with E-state index >= 15 is 0 Å². The van der Waals surface area contributed by atoms with Gasteiger partial charge in [-0.3, -0.25) is 4.79 Å². The van der Waals surface area contributed by atoms with Crippen molar-refractivity contribution in [2.45, 2.75) is 12.6 Å². The lowest BCUT2D eigenvalue weighted by molar-refractivity contribution is 0.100. The van der Waals surface area contributed by atoms with Crippen LogP contribution in [0.1, 0.15) is 15.9 Å². The van der Waals surface area contributed by atoms with Gasteiger partial charge >= 0.3 is 0 Å². The monoisotopic (exact) mass is 490 g/mol. The lowest BCUT2D eigenvalue weighted by Gasteiger charge is -2.25. The quantitative estimate of drug-likeness (QED) is 0.375. The van der Waals surface area contributed by atoms with E-state index < -0.39 is 5.91 Å². The fourth-order valence-electron chi connectivity index (χ4n) is 3.46. The van der Waals surface area contributed by atoms with Crippen LogP contribution in [0.5, 0.6) is 0 Å². The first-order valence-corrected chi connectivity index (χ1v) is 11.2. The average molecular weight is 491 g/mol. The van der Waals surface area contributed by atoms with E-state index in [0.29, 0.717) is 33.4 Å². The van der Waals surface area contributed by atoms with E-state index in [2.05, 4.69) is 20.6 Å². The van der Waals surface area contributed by atoms with Gasteiger partial charge in [0.25, 0.3) is 5.91 Å². The number of allylic oxidation sites excluding steroid dienone is 2. The number of hydrogen-bond acceptors (Lipinski definition) is 3. The Hall–Kier alpha value is -3.86. The minimum atomic E-state index is -0.488. The minimum absolute atomic E-state index is 0.0378. The highest BCUT2D eigenvalue weighted by Gasteiger charge is 2.23. The third kappa shape index (κ3) is 6.13. The van der Waals surface area contributed by atoms with Gasteiger partial charge in [0.15, 0.2) is 0 Å². The molecule has 0 saturated heterocycles.